The highest BCUT2D eigenvalue weighted by atomic mass is 32.2. The van der Waals surface area contributed by atoms with Crippen molar-refractivity contribution < 1.29 is 23.3 Å². The molecule has 2 amide bonds. The number of fused-ring (bicyclic) bond motifs is 1. The third-order valence-electron chi connectivity index (χ3n) is 6.14. The van der Waals surface area contributed by atoms with E-state index in [9.17, 15) is 18.6 Å². The number of amides is 2. The lowest BCUT2D eigenvalue weighted by atomic mass is 10.0. The zero-order chi connectivity index (χ0) is 25.8. The van der Waals surface area contributed by atoms with Gasteiger partial charge >= 0.3 is 5.97 Å². The summed E-state index contributed by atoms with van der Waals surface area (Å²) in [4.78, 5) is 44.0. The maximum atomic E-state index is 13.8. The van der Waals surface area contributed by atoms with Crippen molar-refractivity contribution in [3.63, 3.8) is 0 Å². The number of pyridine rings is 1. The fraction of sp³-hybridized carbons (Fsp3) is 0.185. The summed E-state index contributed by atoms with van der Waals surface area (Å²) < 4.78 is 19.2. The van der Waals surface area contributed by atoms with Crippen LogP contribution in [0.2, 0.25) is 0 Å². The largest absolute Gasteiger partial charge is 0.448 e. The Hall–Kier alpha value is -3.76. The molecule has 188 valence electrons. The Kier molecular flexibility index (Phi) is 7.47. The Morgan fingerprint density at radius 3 is 2.30 bits per heavy atom. The minimum Gasteiger partial charge on any atom is -0.448 e. The Bertz CT molecular complexity index is 1310. The van der Waals surface area contributed by atoms with Crippen LogP contribution in [0.1, 0.15) is 17.2 Å². The Balaban J connectivity index is 1.50. The number of nitrogens with one attached hydrogen (secondary N) is 1. The van der Waals surface area contributed by atoms with E-state index < -0.39 is 40.2 Å². The van der Waals surface area contributed by atoms with Crippen LogP contribution in [0, 0.1) is 0 Å². The molecular weight excluding hydrogens is 510 g/mol. The van der Waals surface area contributed by atoms with Gasteiger partial charge in [-0.15, -0.1) is 11.8 Å². The number of rotatable bonds is 9. The van der Waals surface area contributed by atoms with Crippen molar-refractivity contribution in [3.05, 3.63) is 108 Å². The number of hydrogen-bond acceptors (Lipinski definition) is 7. The maximum Gasteiger partial charge on any atom is 0.356 e. The molecule has 5 rings (SSSR count). The molecule has 3 heterocycles. The number of esters is 1. The average molecular weight is 534 g/mol. The summed E-state index contributed by atoms with van der Waals surface area (Å²) in [5.74, 6) is -0.735. The van der Waals surface area contributed by atoms with E-state index in [1.54, 1.807) is 12.4 Å². The first-order chi connectivity index (χ1) is 18.1. The van der Waals surface area contributed by atoms with Crippen LogP contribution < -0.4 is 5.32 Å². The topological polar surface area (TPSA) is 106 Å². The first-order valence-corrected chi connectivity index (χ1v) is 13.9. The van der Waals surface area contributed by atoms with Crippen LogP contribution in [0.15, 0.2) is 101 Å². The van der Waals surface area contributed by atoms with Gasteiger partial charge in [0.05, 0.1) is 16.6 Å². The van der Waals surface area contributed by atoms with Gasteiger partial charge in [0.1, 0.15) is 17.1 Å². The third kappa shape index (κ3) is 5.07. The minimum atomic E-state index is -1.50. The first kappa shape index (κ1) is 24.9. The zero-order valence-electron chi connectivity index (χ0n) is 19.6. The van der Waals surface area contributed by atoms with Crippen LogP contribution in [0.4, 0.5) is 0 Å². The van der Waals surface area contributed by atoms with Crippen molar-refractivity contribution in [2.24, 2.45) is 0 Å². The second-order valence-electron chi connectivity index (χ2n) is 8.42. The molecule has 0 unspecified atom stereocenters. The zero-order valence-corrected chi connectivity index (χ0v) is 21.2. The van der Waals surface area contributed by atoms with E-state index in [-0.39, 0.29) is 11.4 Å². The molecule has 0 aliphatic carbocycles. The number of ether oxygens (including phenoxy) is 1. The fourth-order valence-electron chi connectivity index (χ4n) is 4.40. The van der Waals surface area contributed by atoms with Crippen LogP contribution in [-0.2, 0) is 29.9 Å². The quantitative estimate of drug-likeness (QED) is 0.195. The van der Waals surface area contributed by atoms with E-state index in [0.717, 1.165) is 16.0 Å². The van der Waals surface area contributed by atoms with Gasteiger partial charge in [0.15, 0.2) is 6.10 Å². The molecule has 0 radical (unpaired) electrons. The highest BCUT2D eigenvalue weighted by Crippen LogP contribution is 2.38. The second kappa shape index (κ2) is 11.1. The number of hydrogen-bond donors (Lipinski definition) is 1. The van der Waals surface area contributed by atoms with Gasteiger partial charge in [-0.1, -0.05) is 60.7 Å². The van der Waals surface area contributed by atoms with E-state index >= 15 is 0 Å². The predicted octanol–water partition coefficient (Wildman–Crippen LogP) is 2.81. The number of carbonyl (C=O) groups excluding carboxylic acids is 3. The molecule has 2 aliphatic heterocycles. The van der Waals surface area contributed by atoms with Crippen LogP contribution >= 0.6 is 11.8 Å². The number of β-lactam (4-membered cyclic amide) rings is 1. The second-order valence-corrected chi connectivity index (χ2v) is 11.0. The van der Waals surface area contributed by atoms with E-state index in [0.29, 0.717) is 17.7 Å². The number of nitrogens with zero attached hydrogens (tertiary/aromatic N) is 2. The van der Waals surface area contributed by atoms with E-state index in [1.807, 2.05) is 72.8 Å². The number of carbonyl (C=O) groups is 3. The summed E-state index contributed by atoms with van der Waals surface area (Å²) in [5, 5.41) is 1.62. The molecule has 1 fully saturated rings. The summed E-state index contributed by atoms with van der Waals surface area (Å²) in [6.07, 6.45) is 3.04. The smallest absolute Gasteiger partial charge is 0.356 e. The molecule has 37 heavy (non-hydrogen) atoms. The molecule has 10 heteroatoms. The SMILES string of the molecule is O=CN[C@@H]1C(=O)N2C(C(=O)OC(c3ccccc3)c3ccccc3)=C(CSc3ccncc3)C[S@](=O)[C@H]12. The molecule has 3 aromatic rings. The fourth-order valence-corrected chi connectivity index (χ4v) is 7.12. The highest BCUT2D eigenvalue weighted by Gasteiger charge is 2.57. The molecule has 0 spiro atoms. The molecule has 3 atom stereocenters. The summed E-state index contributed by atoms with van der Waals surface area (Å²) in [6, 6.07) is 21.4. The Morgan fingerprint density at radius 1 is 1.08 bits per heavy atom. The van der Waals surface area contributed by atoms with Crippen molar-refractivity contribution in [1.29, 1.82) is 0 Å². The molecule has 2 aliphatic rings. The Morgan fingerprint density at radius 2 is 1.70 bits per heavy atom. The highest BCUT2D eigenvalue weighted by molar-refractivity contribution is 7.99. The van der Waals surface area contributed by atoms with E-state index in [4.69, 9.17) is 4.74 Å². The molecule has 2 aromatic carbocycles. The number of thioether (sulfide) groups is 1. The molecule has 1 aromatic heterocycles. The summed E-state index contributed by atoms with van der Waals surface area (Å²) in [5.41, 5.74) is 2.21. The third-order valence-corrected chi connectivity index (χ3v) is 8.89. The van der Waals surface area contributed by atoms with Gasteiger partial charge < -0.3 is 10.1 Å². The van der Waals surface area contributed by atoms with Gasteiger partial charge in [0.25, 0.3) is 5.91 Å². The van der Waals surface area contributed by atoms with Crippen LogP contribution in [0.3, 0.4) is 0 Å². The summed E-state index contributed by atoms with van der Waals surface area (Å²) >= 11 is 1.45. The average Bonchev–Trinajstić information content (AvgIpc) is 2.94. The molecule has 0 saturated carbocycles. The van der Waals surface area contributed by atoms with E-state index in [1.165, 1.54) is 16.7 Å². The van der Waals surface area contributed by atoms with Gasteiger partial charge in [-0.25, -0.2) is 4.79 Å². The van der Waals surface area contributed by atoms with Crippen molar-refractivity contribution >= 4 is 40.8 Å². The van der Waals surface area contributed by atoms with Crippen molar-refractivity contribution in [3.8, 4) is 0 Å². The van der Waals surface area contributed by atoms with Gasteiger partial charge in [0, 0.05) is 23.0 Å². The number of benzene rings is 2. The lowest BCUT2D eigenvalue weighted by Crippen LogP contribution is -2.73. The van der Waals surface area contributed by atoms with E-state index in [2.05, 4.69) is 10.3 Å². The Labute approximate surface area is 220 Å². The van der Waals surface area contributed by atoms with Crippen LogP contribution in [0.25, 0.3) is 0 Å². The molecule has 1 saturated heterocycles. The van der Waals surface area contributed by atoms with Gasteiger partial charge in [0.2, 0.25) is 6.41 Å². The summed E-state index contributed by atoms with van der Waals surface area (Å²) in [7, 11) is -1.50. The standard InChI is InChI=1S/C27H23N3O5S2/c31-17-29-22-25(32)30-23(20(16-37(34)26(22)30)15-36-21-11-13-28-14-12-21)27(33)35-24(18-7-3-1-4-8-18)19-9-5-2-6-10-19/h1-14,17,22,24,26H,15-16H2,(H,29,31)/t22-,26-,37+/m1/s1. The van der Waals surface area contributed by atoms with Crippen LogP contribution in [-0.4, -0.2) is 55.3 Å². The van der Waals surface area contributed by atoms with Crippen LogP contribution in [0.5, 0.6) is 0 Å². The lowest BCUT2D eigenvalue weighted by molar-refractivity contribution is -0.154. The van der Waals surface area contributed by atoms with Gasteiger partial charge in [-0.05, 0) is 28.8 Å². The van der Waals surface area contributed by atoms with Crippen molar-refractivity contribution in [2.45, 2.75) is 22.4 Å². The lowest BCUT2D eigenvalue weighted by Gasteiger charge is -2.49. The number of aromatic nitrogens is 1. The molecular formula is C27H23N3O5S2. The normalized spacial score (nSPS) is 20.7. The monoisotopic (exact) mass is 533 g/mol. The predicted molar refractivity (Wildman–Crippen MR) is 139 cm³/mol. The van der Waals surface area contributed by atoms with Gasteiger partial charge in [-0.3, -0.25) is 23.7 Å². The van der Waals surface area contributed by atoms with Crippen molar-refractivity contribution in [2.75, 3.05) is 11.5 Å². The van der Waals surface area contributed by atoms with Crippen molar-refractivity contribution in [1.82, 2.24) is 15.2 Å². The summed E-state index contributed by atoms with van der Waals surface area (Å²) in [6.45, 7) is 0. The van der Waals surface area contributed by atoms with Gasteiger partial charge in [-0.2, -0.15) is 0 Å². The first-order valence-electron chi connectivity index (χ1n) is 11.5. The molecule has 0 bridgehead atoms. The maximum absolute atomic E-state index is 13.8. The molecule has 8 nitrogen and oxygen atoms in total. The molecule has 1 N–H and O–H groups in total. The minimum absolute atomic E-state index is 0.0926.